The second-order valence-electron chi connectivity index (χ2n) is 5.58. The third kappa shape index (κ3) is 3.53. The fourth-order valence-corrected chi connectivity index (χ4v) is 3.69. The van der Waals surface area contributed by atoms with Crippen molar-refractivity contribution in [2.75, 3.05) is 5.75 Å². The normalized spacial score (nSPS) is 11.1. The first-order valence-electron chi connectivity index (χ1n) is 7.97. The maximum absolute atomic E-state index is 2.37. The fraction of sp³-hybridized carbons (Fsp3) is 0.316. The monoisotopic (exact) mass is 311 g/mol. The van der Waals surface area contributed by atoms with Crippen LogP contribution in [0.2, 0.25) is 0 Å². The molecule has 0 amide bonds. The van der Waals surface area contributed by atoms with Gasteiger partial charge in [0, 0.05) is 0 Å². The molecule has 22 heavy (non-hydrogen) atoms. The molecule has 114 valence electrons. The zero-order chi connectivity index (χ0) is 15.2. The van der Waals surface area contributed by atoms with Gasteiger partial charge < -0.3 is 0 Å². The zero-order valence-corrected chi connectivity index (χ0v) is 13.9. The maximum atomic E-state index is 2.37. The van der Waals surface area contributed by atoms with E-state index in [4.69, 9.17) is 0 Å². The van der Waals surface area contributed by atoms with Gasteiger partial charge in [0.25, 0.3) is 0 Å². The molecule has 3 heteroatoms. The van der Waals surface area contributed by atoms with Crippen molar-refractivity contribution in [1.82, 2.24) is 4.57 Å². The zero-order valence-electron chi connectivity index (χ0n) is 13.1. The van der Waals surface area contributed by atoms with Gasteiger partial charge in [0.05, 0.1) is 0 Å². The Morgan fingerprint density at radius 2 is 1.77 bits per heavy atom. The highest BCUT2D eigenvalue weighted by molar-refractivity contribution is 7.98. The van der Waals surface area contributed by atoms with E-state index in [2.05, 4.69) is 77.0 Å². The topological polar surface area (TPSA) is 8.81 Å². The molecular formula is C19H23N2S+. The molecule has 1 heterocycles. The van der Waals surface area contributed by atoms with Crippen molar-refractivity contribution >= 4 is 22.8 Å². The lowest BCUT2D eigenvalue weighted by atomic mass is 10.2. The number of aromatic nitrogens is 2. The Bertz CT molecular complexity index is 719. The quantitative estimate of drug-likeness (QED) is 0.462. The summed E-state index contributed by atoms with van der Waals surface area (Å²) in [5.74, 6) is 2.27. The van der Waals surface area contributed by atoms with Crippen LogP contribution in [0.1, 0.15) is 25.3 Å². The van der Waals surface area contributed by atoms with Crippen molar-refractivity contribution in [2.24, 2.45) is 0 Å². The van der Waals surface area contributed by atoms with Crippen molar-refractivity contribution in [3.63, 3.8) is 0 Å². The Morgan fingerprint density at radius 3 is 2.59 bits per heavy atom. The summed E-state index contributed by atoms with van der Waals surface area (Å²) >= 11 is 2.02. The average molecular weight is 311 g/mol. The number of hydrogen-bond donors (Lipinski definition) is 0. The minimum Gasteiger partial charge on any atom is -0.226 e. The first-order valence-corrected chi connectivity index (χ1v) is 9.13. The second-order valence-corrected chi connectivity index (χ2v) is 6.65. The lowest BCUT2D eigenvalue weighted by Crippen LogP contribution is -2.32. The van der Waals surface area contributed by atoms with Crippen molar-refractivity contribution in [1.29, 1.82) is 0 Å². The average Bonchev–Trinajstić information content (AvgIpc) is 2.91. The van der Waals surface area contributed by atoms with Crippen LogP contribution in [0.4, 0.5) is 0 Å². The van der Waals surface area contributed by atoms with Gasteiger partial charge in [-0.2, -0.15) is 0 Å². The summed E-state index contributed by atoms with van der Waals surface area (Å²) in [6, 6.07) is 19.3. The molecule has 3 aromatic rings. The van der Waals surface area contributed by atoms with Gasteiger partial charge >= 0.3 is 0 Å². The highest BCUT2D eigenvalue weighted by Crippen LogP contribution is 2.16. The summed E-state index contributed by atoms with van der Waals surface area (Å²) in [6.45, 7) is 3.17. The van der Waals surface area contributed by atoms with E-state index in [0.717, 1.165) is 12.4 Å². The third-order valence-corrected chi connectivity index (χ3v) is 4.89. The van der Waals surface area contributed by atoms with E-state index in [9.17, 15) is 0 Å². The molecule has 0 aliphatic carbocycles. The first kappa shape index (κ1) is 15.2. The van der Waals surface area contributed by atoms with Gasteiger partial charge in [-0.1, -0.05) is 55.8 Å². The number of imidazole rings is 1. The van der Waals surface area contributed by atoms with E-state index in [1.165, 1.54) is 35.2 Å². The molecule has 0 aliphatic rings. The number of benzene rings is 2. The summed E-state index contributed by atoms with van der Waals surface area (Å²) in [5.41, 5.74) is 3.97. The lowest BCUT2D eigenvalue weighted by molar-refractivity contribution is -0.663. The van der Waals surface area contributed by atoms with Crippen LogP contribution in [0.15, 0.2) is 60.9 Å². The standard InChI is InChI=1S/C19H23N2S/c1-2-3-13-22-16-21-15-20(14-17-9-5-4-6-10-17)18-11-7-8-12-19(18)21/h4-12,15H,2-3,13-14,16H2,1H3/q+1. The van der Waals surface area contributed by atoms with E-state index >= 15 is 0 Å². The van der Waals surface area contributed by atoms with E-state index in [0.29, 0.717) is 0 Å². The van der Waals surface area contributed by atoms with Gasteiger partial charge in [-0.25, -0.2) is 9.13 Å². The summed E-state index contributed by atoms with van der Waals surface area (Å²) < 4.78 is 4.73. The molecule has 2 nitrogen and oxygen atoms in total. The Hall–Kier alpha value is -1.74. The van der Waals surface area contributed by atoms with Crippen molar-refractivity contribution in [3.05, 3.63) is 66.5 Å². The van der Waals surface area contributed by atoms with Gasteiger partial charge in [0.2, 0.25) is 6.33 Å². The van der Waals surface area contributed by atoms with Crippen LogP contribution < -0.4 is 4.57 Å². The van der Waals surface area contributed by atoms with E-state index < -0.39 is 0 Å². The fourth-order valence-electron chi connectivity index (χ4n) is 2.66. The molecule has 0 fully saturated rings. The minimum absolute atomic E-state index is 0.925. The first-order chi connectivity index (χ1) is 10.9. The molecule has 0 N–H and O–H groups in total. The molecule has 1 aromatic heterocycles. The Kier molecular flexibility index (Phi) is 5.17. The van der Waals surface area contributed by atoms with E-state index in [1.807, 2.05) is 11.8 Å². The molecule has 0 atom stereocenters. The predicted molar refractivity (Wildman–Crippen MR) is 95.0 cm³/mol. The molecule has 0 radical (unpaired) electrons. The minimum atomic E-state index is 0.925. The molecule has 3 rings (SSSR count). The van der Waals surface area contributed by atoms with Gasteiger partial charge in [0.15, 0.2) is 11.0 Å². The van der Waals surface area contributed by atoms with Gasteiger partial charge in [0.1, 0.15) is 12.4 Å². The molecule has 0 saturated carbocycles. The SMILES string of the molecule is CCCCSCn1c[n+](Cc2ccccc2)c2ccccc21. The van der Waals surface area contributed by atoms with Crippen molar-refractivity contribution in [2.45, 2.75) is 32.2 Å². The smallest absolute Gasteiger partial charge is 0.226 e. The van der Waals surface area contributed by atoms with Crippen LogP contribution in [0, 0.1) is 0 Å². The Morgan fingerprint density at radius 1 is 1.00 bits per heavy atom. The Labute approximate surface area is 136 Å². The van der Waals surface area contributed by atoms with Crippen molar-refractivity contribution < 1.29 is 4.57 Å². The number of fused-ring (bicyclic) bond motifs is 1. The molecule has 0 spiro atoms. The highest BCUT2D eigenvalue weighted by atomic mass is 32.2. The second kappa shape index (κ2) is 7.50. The van der Waals surface area contributed by atoms with Crippen LogP contribution in [0.25, 0.3) is 11.0 Å². The van der Waals surface area contributed by atoms with Crippen LogP contribution in [-0.2, 0) is 12.4 Å². The van der Waals surface area contributed by atoms with Gasteiger partial charge in [-0.3, -0.25) is 0 Å². The number of unbranched alkanes of at least 4 members (excludes halogenated alkanes) is 1. The number of hydrogen-bond acceptors (Lipinski definition) is 1. The van der Waals surface area contributed by atoms with E-state index in [1.54, 1.807) is 0 Å². The molecule has 2 aromatic carbocycles. The summed E-state index contributed by atoms with van der Waals surface area (Å²) in [4.78, 5) is 0. The highest BCUT2D eigenvalue weighted by Gasteiger charge is 2.15. The van der Waals surface area contributed by atoms with Crippen LogP contribution in [0.3, 0.4) is 0 Å². The molecule has 0 saturated heterocycles. The summed E-state index contributed by atoms with van der Waals surface area (Å²) in [6.07, 6.45) is 4.83. The predicted octanol–water partition coefficient (Wildman–Crippen LogP) is 4.47. The maximum Gasteiger partial charge on any atom is 0.245 e. The van der Waals surface area contributed by atoms with E-state index in [-0.39, 0.29) is 0 Å². The van der Waals surface area contributed by atoms with Gasteiger partial charge in [-0.05, 0) is 29.9 Å². The van der Waals surface area contributed by atoms with Crippen molar-refractivity contribution in [3.8, 4) is 0 Å². The summed E-state index contributed by atoms with van der Waals surface area (Å²) in [7, 11) is 0. The molecule has 0 aliphatic heterocycles. The van der Waals surface area contributed by atoms with Crippen LogP contribution in [-0.4, -0.2) is 10.3 Å². The summed E-state index contributed by atoms with van der Waals surface area (Å²) in [5, 5.41) is 0. The Balaban J connectivity index is 1.84. The van der Waals surface area contributed by atoms with Gasteiger partial charge in [-0.15, -0.1) is 11.8 Å². The molecular weight excluding hydrogens is 288 g/mol. The molecule has 0 bridgehead atoms. The number of rotatable bonds is 7. The largest absolute Gasteiger partial charge is 0.245 e. The lowest BCUT2D eigenvalue weighted by Gasteiger charge is -1.98. The third-order valence-electron chi connectivity index (χ3n) is 3.85. The van der Waals surface area contributed by atoms with Crippen LogP contribution >= 0.6 is 11.8 Å². The molecule has 0 unspecified atom stereocenters. The number of para-hydroxylation sites is 2. The van der Waals surface area contributed by atoms with Crippen LogP contribution in [0.5, 0.6) is 0 Å². The number of thioether (sulfide) groups is 1. The number of nitrogens with zero attached hydrogens (tertiary/aromatic N) is 2.